The molecule has 142 valence electrons. The second kappa shape index (κ2) is 7.79. The number of nitriles is 1. The quantitative estimate of drug-likeness (QED) is 0.856. The van der Waals surface area contributed by atoms with Gasteiger partial charge in [0.25, 0.3) is 0 Å². The second-order valence-electron chi connectivity index (χ2n) is 5.78. The molecule has 1 aromatic heterocycles. The molecule has 2 heterocycles. The zero-order chi connectivity index (χ0) is 19.4. The Morgan fingerprint density at radius 1 is 1.33 bits per heavy atom. The number of alkyl halides is 3. The molecular weight excluding hydrogens is 383 g/mol. The Kier molecular flexibility index (Phi) is 5.46. The SMILES string of the molecule is N#Cc1cccc(OC2CCN(C(=O)Nc3nnc(C(F)(F)F)s3)CC2)c1. The van der Waals surface area contributed by atoms with Gasteiger partial charge in [-0.2, -0.15) is 18.4 Å². The standard InChI is InChI=1S/C16H14F3N5O2S/c17-16(18,19)13-22-23-14(27-13)21-15(25)24-6-4-11(5-7-24)26-12-3-1-2-10(8-12)9-20/h1-3,8,11H,4-7H2,(H,21,23,25). The minimum absolute atomic E-state index is 0.110. The lowest BCUT2D eigenvalue weighted by Crippen LogP contribution is -2.43. The van der Waals surface area contributed by atoms with Gasteiger partial charge in [-0.1, -0.05) is 17.4 Å². The fourth-order valence-electron chi connectivity index (χ4n) is 2.57. The fourth-order valence-corrected chi connectivity index (χ4v) is 3.17. The molecule has 7 nitrogen and oxygen atoms in total. The van der Waals surface area contributed by atoms with Crippen LogP contribution in [0.15, 0.2) is 24.3 Å². The summed E-state index contributed by atoms with van der Waals surface area (Å²) in [7, 11) is 0. The molecule has 0 aliphatic carbocycles. The van der Waals surface area contributed by atoms with Crippen molar-refractivity contribution in [1.29, 1.82) is 5.26 Å². The average Bonchev–Trinajstić information content (AvgIpc) is 3.11. The van der Waals surface area contributed by atoms with Crippen LogP contribution in [-0.4, -0.2) is 40.3 Å². The molecule has 0 radical (unpaired) electrons. The van der Waals surface area contributed by atoms with E-state index in [0.29, 0.717) is 37.2 Å². The zero-order valence-corrected chi connectivity index (χ0v) is 14.7. The summed E-state index contributed by atoms with van der Waals surface area (Å²) in [6.45, 7) is 0.777. The third-order valence-corrected chi connectivity index (χ3v) is 4.76. The lowest BCUT2D eigenvalue weighted by atomic mass is 10.1. The monoisotopic (exact) mass is 397 g/mol. The van der Waals surface area contributed by atoms with Gasteiger partial charge in [0, 0.05) is 25.9 Å². The van der Waals surface area contributed by atoms with E-state index in [9.17, 15) is 18.0 Å². The number of carbonyl (C=O) groups excluding carboxylic acids is 1. The number of piperidine rings is 1. The molecule has 27 heavy (non-hydrogen) atoms. The molecule has 0 bridgehead atoms. The summed E-state index contributed by atoms with van der Waals surface area (Å²) in [6.07, 6.45) is -3.57. The zero-order valence-electron chi connectivity index (χ0n) is 13.9. The molecule has 2 aromatic rings. The molecule has 1 aliphatic rings. The highest BCUT2D eigenvalue weighted by atomic mass is 32.1. The number of anilines is 1. The number of urea groups is 1. The number of nitrogens with zero attached hydrogens (tertiary/aromatic N) is 4. The van der Waals surface area contributed by atoms with Crippen molar-refractivity contribution in [3.63, 3.8) is 0 Å². The van der Waals surface area contributed by atoms with E-state index in [0.717, 1.165) is 0 Å². The van der Waals surface area contributed by atoms with Crippen LogP contribution in [0.3, 0.4) is 0 Å². The summed E-state index contributed by atoms with van der Waals surface area (Å²) < 4.78 is 43.4. The van der Waals surface area contributed by atoms with Crippen molar-refractivity contribution in [3.05, 3.63) is 34.8 Å². The Labute approximate surface area is 156 Å². The molecule has 1 saturated heterocycles. The van der Waals surface area contributed by atoms with Crippen molar-refractivity contribution >= 4 is 22.5 Å². The van der Waals surface area contributed by atoms with Crippen molar-refractivity contribution in [1.82, 2.24) is 15.1 Å². The third-order valence-electron chi connectivity index (χ3n) is 3.88. The van der Waals surface area contributed by atoms with Gasteiger partial charge in [-0.05, 0) is 18.2 Å². The molecule has 0 spiro atoms. The smallest absolute Gasteiger partial charge is 0.445 e. The average molecular weight is 397 g/mol. The molecule has 0 atom stereocenters. The number of likely N-dealkylation sites (tertiary alicyclic amines) is 1. The van der Waals surface area contributed by atoms with Gasteiger partial charge in [-0.25, -0.2) is 4.79 Å². The van der Waals surface area contributed by atoms with E-state index < -0.39 is 17.2 Å². The highest BCUT2D eigenvalue weighted by Gasteiger charge is 2.36. The van der Waals surface area contributed by atoms with Crippen LogP contribution in [0.5, 0.6) is 5.75 Å². The summed E-state index contributed by atoms with van der Waals surface area (Å²) in [6, 6.07) is 8.33. The Balaban J connectivity index is 1.50. The Hall–Kier alpha value is -2.87. The number of nitrogens with one attached hydrogen (secondary N) is 1. The number of aromatic nitrogens is 2. The van der Waals surface area contributed by atoms with Crippen molar-refractivity contribution in [2.24, 2.45) is 0 Å². The van der Waals surface area contributed by atoms with E-state index >= 15 is 0 Å². The number of amides is 2. The maximum atomic E-state index is 12.5. The Morgan fingerprint density at radius 2 is 2.07 bits per heavy atom. The molecule has 1 aromatic carbocycles. The number of rotatable bonds is 3. The van der Waals surface area contributed by atoms with Gasteiger partial charge < -0.3 is 9.64 Å². The highest BCUT2D eigenvalue weighted by molar-refractivity contribution is 7.15. The van der Waals surface area contributed by atoms with E-state index in [-0.39, 0.29) is 22.6 Å². The van der Waals surface area contributed by atoms with Crippen LogP contribution in [-0.2, 0) is 6.18 Å². The highest BCUT2D eigenvalue weighted by Crippen LogP contribution is 2.33. The van der Waals surface area contributed by atoms with E-state index in [1.165, 1.54) is 4.90 Å². The summed E-state index contributed by atoms with van der Waals surface area (Å²) in [5, 5.41) is 16.3. The van der Waals surface area contributed by atoms with Crippen LogP contribution >= 0.6 is 11.3 Å². The van der Waals surface area contributed by atoms with Crippen molar-refractivity contribution in [2.75, 3.05) is 18.4 Å². The van der Waals surface area contributed by atoms with Gasteiger partial charge in [0.05, 0.1) is 11.6 Å². The molecule has 3 rings (SSSR count). The summed E-state index contributed by atoms with van der Waals surface area (Å²) in [4.78, 5) is 13.7. The number of carbonyl (C=O) groups is 1. The molecule has 0 unspecified atom stereocenters. The largest absolute Gasteiger partial charge is 0.490 e. The number of hydrogen-bond acceptors (Lipinski definition) is 6. The van der Waals surface area contributed by atoms with Crippen LogP contribution in [0, 0.1) is 11.3 Å². The number of hydrogen-bond donors (Lipinski definition) is 1. The molecule has 2 amide bonds. The van der Waals surface area contributed by atoms with Crippen LogP contribution in [0.25, 0.3) is 0 Å². The topological polar surface area (TPSA) is 91.1 Å². The van der Waals surface area contributed by atoms with Crippen molar-refractivity contribution in [3.8, 4) is 11.8 Å². The fraction of sp³-hybridized carbons (Fsp3) is 0.375. The number of benzene rings is 1. The normalized spacial score (nSPS) is 15.3. The minimum Gasteiger partial charge on any atom is -0.490 e. The minimum atomic E-state index is -4.58. The molecule has 1 aliphatic heterocycles. The molecule has 1 N–H and O–H groups in total. The molecule has 1 fully saturated rings. The first-order valence-corrected chi connectivity index (χ1v) is 8.80. The predicted molar refractivity (Wildman–Crippen MR) is 90.3 cm³/mol. The molecule has 0 saturated carbocycles. The lowest BCUT2D eigenvalue weighted by molar-refractivity contribution is -0.138. The summed E-state index contributed by atoms with van der Waals surface area (Å²) in [5.74, 6) is 0.588. The summed E-state index contributed by atoms with van der Waals surface area (Å²) >= 11 is 0.281. The van der Waals surface area contributed by atoms with Crippen LogP contribution < -0.4 is 10.1 Å². The van der Waals surface area contributed by atoms with Gasteiger partial charge in [-0.15, -0.1) is 10.2 Å². The van der Waals surface area contributed by atoms with E-state index in [1.807, 2.05) is 6.07 Å². The maximum Gasteiger partial charge on any atom is 0.445 e. The third kappa shape index (κ3) is 4.85. The van der Waals surface area contributed by atoms with Gasteiger partial charge in [-0.3, -0.25) is 5.32 Å². The van der Waals surface area contributed by atoms with Crippen LogP contribution in [0.4, 0.5) is 23.1 Å². The van der Waals surface area contributed by atoms with Crippen LogP contribution in [0.2, 0.25) is 0 Å². The first-order chi connectivity index (χ1) is 12.8. The molecular formula is C16H14F3N5O2S. The first kappa shape index (κ1) is 18.9. The maximum absolute atomic E-state index is 12.5. The van der Waals surface area contributed by atoms with E-state index in [1.54, 1.807) is 24.3 Å². The van der Waals surface area contributed by atoms with Crippen LogP contribution in [0.1, 0.15) is 23.4 Å². The number of halogens is 3. The van der Waals surface area contributed by atoms with Crippen molar-refractivity contribution in [2.45, 2.75) is 25.1 Å². The first-order valence-electron chi connectivity index (χ1n) is 7.98. The van der Waals surface area contributed by atoms with E-state index in [4.69, 9.17) is 10.00 Å². The van der Waals surface area contributed by atoms with Gasteiger partial charge in [0.2, 0.25) is 10.1 Å². The number of ether oxygens (including phenoxy) is 1. The summed E-state index contributed by atoms with van der Waals surface area (Å²) in [5.41, 5.74) is 0.500. The van der Waals surface area contributed by atoms with E-state index in [2.05, 4.69) is 15.5 Å². The van der Waals surface area contributed by atoms with Gasteiger partial charge in [0.1, 0.15) is 11.9 Å². The Bertz CT molecular complexity index is 856. The van der Waals surface area contributed by atoms with Gasteiger partial charge >= 0.3 is 12.2 Å². The Morgan fingerprint density at radius 3 is 2.70 bits per heavy atom. The van der Waals surface area contributed by atoms with Gasteiger partial charge in [0.15, 0.2) is 0 Å². The predicted octanol–water partition coefficient (Wildman–Crippen LogP) is 3.50. The molecule has 11 heteroatoms. The van der Waals surface area contributed by atoms with Crippen molar-refractivity contribution < 1.29 is 22.7 Å². The lowest BCUT2D eigenvalue weighted by Gasteiger charge is -2.31. The second-order valence-corrected chi connectivity index (χ2v) is 6.76.